The van der Waals surface area contributed by atoms with Gasteiger partial charge in [0.15, 0.2) is 0 Å². The van der Waals surface area contributed by atoms with E-state index in [1.54, 1.807) is 0 Å². The van der Waals surface area contributed by atoms with Crippen molar-refractivity contribution in [3.05, 3.63) is 0 Å². The molecule has 2 atom stereocenters. The van der Waals surface area contributed by atoms with E-state index in [0.29, 0.717) is 12.1 Å². The molecule has 86 valence electrons. The Bertz CT molecular complexity index is 133. The number of hydrogen-bond acceptors (Lipinski definition) is 4. The zero-order valence-electron chi connectivity index (χ0n) is 9.82. The van der Waals surface area contributed by atoms with Gasteiger partial charge < -0.3 is 5.73 Å². The highest BCUT2D eigenvalue weighted by Crippen LogP contribution is 2.11. The van der Waals surface area contributed by atoms with Crippen molar-refractivity contribution in [2.75, 3.05) is 37.6 Å². The normalized spacial score (nSPS) is 15.9. The average molecular weight is 236 g/mol. The fraction of sp³-hybridized carbons (Fsp3) is 1.00. The molecule has 0 rings (SSSR count). The number of likely N-dealkylation sites (N-methyl/N-ethyl adjacent to an activating group) is 1. The van der Waals surface area contributed by atoms with Gasteiger partial charge >= 0.3 is 0 Å². The van der Waals surface area contributed by atoms with Gasteiger partial charge in [-0.2, -0.15) is 23.5 Å². The van der Waals surface area contributed by atoms with Crippen molar-refractivity contribution in [1.82, 2.24) is 4.90 Å². The number of thioether (sulfide) groups is 2. The molecule has 0 radical (unpaired) electrons. The van der Waals surface area contributed by atoms with Crippen molar-refractivity contribution in [2.45, 2.75) is 25.4 Å². The van der Waals surface area contributed by atoms with E-state index in [1.807, 2.05) is 23.5 Å². The fourth-order valence-electron chi connectivity index (χ4n) is 1.46. The third kappa shape index (κ3) is 5.49. The zero-order valence-corrected chi connectivity index (χ0v) is 11.5. The highest BCUT2D eigenvalue weighted by Gasteiger charge is 2.17. The first-order valence-corrected chi connectivity index (χ1v) is 7.86. The Hall–Kier alpha value is 0.620. The molecule has 2 nitrogen and oxygen atoms in total. The van der Waals surface area contributed by atoms with Crippen LogP contribution in [0.25, 0.3) is 0 Å². The minimum Gasteiger partial charge on any atom is -0.329 e. The summed E-state index contributed by atoms with van der Waals surface area (Å²) in [6.07, 6.45) is 5.51. The minimum atomic E-state index is 0.546. The monoisotopic (exact) mass is 236 g/mol. The molecule has 2 N–H and O–H groups in total. The summed E-state index contributed by atoms with van der Waals surface area (Å²) in [6.45, 7) is 3.05. The van der Waals surface area contributed by atoms with E-state index in [0.717, 1.165) is 6.54 Å². The Morgan fingerprint density at radius 2 is 1.93 bits per heavy atom. The molecule has 2 unspecified atom stereocenters. The summed E-state index contributed by atoms with van der Waals surface area (Å²) in [4.78, 5) is 2.42. The molecule has 0 aromatic rings. The summed E-state index contributed by atoms with van der Waals surface area (Å²) in [5, 5.41) is 0. The minimum absolute atomic E-state index is 0.546. The van der Waals surface area contributed by atoms with Gasteiger partial charge in [0.1, 0.15) is 0 Å². The second kappa shape index (κ2) is 8.89. The summed E-state index contributed by atoms with van der Waals surface area (Å²) in [5.74, 6) is 2.39. The molecule has 0 saturated carbocycles. The second-order valence-corrected chi connectivity index (χ2v) is 5.54. The molecule has 14 heavy (non-hydrogen) atoms. The Kier molecular flexibility index (Phi) is 9.28. The second-order valence-electron chi connectivity index (χ2n) is 3.64. The van der Waals surface area contributed by atoms with Crippen LogP contribution in [0.4, 0.5) is 0 Å². The summed E-state index contributed by atoms with van der Waals surface area (Å²) in [7, 11) is 2.19. The molecule has 0 spiro atoms. The molecule has 0 heterocycles. The van der Waals surface area contributed by atoms with E-state index in [9.17, 15) is 0 Å². The van der Waals surface area contributed by atoms with Crippen LogP contribution in [0, 0.1) is 0 Å². The summed E-state index contributed by atoms with van der Waals surface area (Å²) in [5.41, 5.74) is 5.79. The summed E-state index contributed by atoms with van der Waals surface area (Å²) < 4.78 is 0. The number of nitrogens with zero attached hydrogens (tertiary/aromatic N) is 1. The smallest absolute Gasteiger partial charge is 0.0226 e. The van der Waals surface area contributed by atoms with Crippen LogP contribution in [0.1, 0.15) is 13.3 Å². The van der Waals surface area contributed by atoms with Gasteiger partial charge in [0, 0.05) is 24.4 Å². The molecule has 0 bridgehead atoms. The van der Waals surface area contributed by atoms with Crippen LogP contribution in [0.15, 0.2) is 0 Å². The van der Waals surface area contributed by atoms with Gasteiger partial charge in [-0.3, -0.25) is 4.90 Å². The van der Waals surface area contributed by atoms with Crippen molar-refractivity contribution >= 4 is 23.5 Å². The lowest BCUT2D eigenvalue weighted by molar-refractivity contribution is 0.199. The third-order valence-electron chi connectivity index (χ3n) is 2.61. The van der Waals surface area contributed by atoms with Crippen LogP contribution >= 0.6 is 23.5 Å². The van der Waals surface area contributed by atoms with Gasteiger partial charge in [0.2, 0.25) is 0 Å². The SMILES string of the molecule is CSCCC(CN)N(C)C(C)CSC. The first-order valence-electron chi connectivity index (χ1n) is 5.07. The predicted molar refractivity (Wildman–Crippen MR) is 71.4 cm³/mol. The third-order valence-corrected chi connectivity index (χ3v) is 4.07. The van der Waals surface area contributed by atoms with E-state index >= 15 is 0 Å². The van der Waals surface area contributed by atoms with Gasteiger partial charge in [-0.25, -0.2) is 0 Å². The van der Waals surface area contributed by atoms with E-state index in [2.05, 4.69) is 31.4 Å². The lowest BCUT2D eigenvalue weighted by Gasteiger charge is -2.32. The predicted octanol–water partition coefficient (Wildman–Crippen LogP) is 1.75. The van der Waals surface area contributed by atoms with Crippen LogP contribution in [-0.4, -0.2) is 54.6 Å². The van der Waals surface area contributed by atoms with Gasteiger partial charge in [-0.05, 0) is 38.7 Å². The van der Waals surface area contributed by atoms with Gasteiger partial charge in [-0.15, -0.1) is 0 Å². The largest absolute Gasteiger partial charge is 0.329 e. The van der Waals surface area contributed by atoms with Gasteiger partial charge in [-0.1, -0.05) is 0 Å². The number of rotatable bonds is 8. The molecule has 0 aliphatic carbocycles. The van der Waals surface area contributed by atoms with E-state index < -0.39 is 0 Å². The quantitative estimate of drug-likeness (QED) is 0.695. The van der Waals surface area contributed by atoms with Crippen molar-refractivity contribution < 1.29 is 0 Å². The fourth-order valence-corrected chi connectivity index (χ4v) is 2.69. The van der Waals surface area contributed by atoms with Crippen LogP contribution in [0.3, 0.4) is 0 Å². The first kappa shape index (κ1) is 14.6. The summed E-state index contributed by atoms with van der Waals surface area (Å²) >= 11 is 3.80. The Balaban J connectivity index is 3.94. The van der Waals surface area contributed by atoms with E-state index in [-0.39, 0.29) is 0 Å². The molecule has 0 aliphatic rings. The standard InChI is InChI=1S/C10H24N2S2/c1-9(8-14-4)12(2)10(7-11)5-6-13-3/h9-10H,5-8,11H2,1-4H3. The highest BCUT2D eigenvalue weighted by atomic mass is 32.2. The molecular weight excluding hydrogens is 212 g/mol. The van der Waals surface area contributed by atoms with Crippen LogP contribution in [0.2, 0.25) is 0 Å². The molecule has 0 aromatic carbocycles. The van der Waals surface area contributed by atoms with E-state index in [4.69, 9.17) is 5.73 Å². The number of nitrogens with two attached hydrogens (primary N) is 1. The van der Waals surface area contributed by atoms with E-state index in [1.165, 1.54) is 17.9 Å². The Morgan fingerprint density at radius 3 is 2.36 bits per heavy atom. The van der Waals surface area contributed by atoms with Crippen LogP contribution < -0.4 is 5.73 Å². The van der Waals surface area contributed by atoms with Crippen LogP contribution in [-0.2, 0) is 0 Å². The van der Waals surface area contributed by atoms with Crippen LogP contribution in [0.5, 0.6) is 0 Å². The molecule has 0 aliphatic heterocycles. The maximum Gasteiger partial charge on any atom is 0.0226 e. The van der Waals surface area contributed by atoms with Crippen molar-refractivity contribution in [1.29, 1.82) is 0 Å². The molecule has 0 aromatic heterocycles. The molecule has 0 fully saturated rings. The first-order chi connectivity index (χ1) is 6.67. The van der Waals surface area contributed by atoms with Crippen molar-refractivity contribution in [2.24, 2.45) is 5.73 Å². The summed E-state index contributed by atoms with van der Waals surface area (Å²) in [6, 6.07) is 1.17. The average Bonchev–Trinajstić information content (AvgIpc) is 2.19. The van der Waals surface area contributed by atoms with Crippen molar-refractivity contribution in [3.8, 4) is 0 Å². The Labute approximate surface area is 97.4 Å². The highest BCUT2D eigenvalue weighted by molar-refractivity contribution is 7.98. The number of hydrogen-bond donors (Lipinski definition) is 1. The topological polar surface area (TPSA) is 29.3 Å². The van der Waals surface area contributed by atoms with Gasteiger partial charge in [0.25, 0.3) is 0 Å². The van der Waals surface area contributed by atoms with Gasteiger partial charge in [0.05, 0.1) is 0 Å². The lowest BCUT2D eigenvalue weighted by Crippen LogP contribution is -2.44. The molecule has 0 amide bonds. The Morgan fingerprint density at radius 1 is 1.29 bits per heavy atom. The molecule has 0 saturated heterocycles. The maximum absolute atomic E-state index is 5.79. The maximum atomic E-state index is 5.79. The molecular formula is C10H24N2S2. The zero-order chi connectivity index (χ0) is 11.0. The lowest BCUT2D eigenvalue weighted by atomic mass is 10.1. The molecule has 4 heteroatoms. The van der Waals surface area contributed by atoms with Crippen molar-refractivity contribution in [3.63, 3.8) is 0 Å².